The SMILES string of the molecule is CC(C)N(Cc1ccccc1)C(=O)c1n[nH]c(=O)[nH]c1=O. The van der Waals surface area contributed by atoms with Crippen LogP contribution in [0.3, 0.4) is 0 Å². The Morgan fingerprint density at radius 2 is 1.90 bits per heavy atom. The average Bonchev–Trinajstić information content (AvgIpc) is 2.45. The third-order valence-electron chi connectivity index (χ3n) is 2.99. The molecule has 1 aromatic carbocycles. The molecule has 1 amide bonds. The van der Waals surface area contributed by atoms with E-state index in [-0.39, 0.29) is 11.7 Å². The summed E-state index contributed by atoms with van der Waals surface area (Å²) in [4.78, 5) is 38.6. The highest BCUT2D eigenvalue weighted by Gasteiger charge is 2.23. The zero-order valence-corrected chi connectivity index (χ0v) is 11.8. The van der Waals surface area contributed by atoms with Gasteiger partial charge < -0.3 is 4.90 Å². The molecule has 110 valence electrons. The zero-order valence-electron chi connectivity index (χ0n) is 11.8. The van der Waals surface area contributed by atoms with Crippen LogP contribution in [-0.2, 0) is 6.54 Å². The number of carbonyl (C=O) groups is 1. The predicted octanol–water partition coefficient (Wildman–Crippen LogP) is 0.509. The van der Waals surface area contributed by atoms with Gasteiger partial charge in [-0.1, -0.05) is 30.3 Å². The van der Waals surface area contributed by atoms with E-state index in [1.807, 2.05) is 49.2 Å². The zero-order chi connectivity index (χ0) is 15.4. The fourth-order valence-electron chi connectivity index (χ4n) is 1.90. The molecule has 0 atom stereocenters. The molecule has 21 heavy (non-hydrogen) atoms. The Morgan fingerprint density at radius 3 is 2.48 bits per heavy atom. The molecule has 7 nitrogen and oxygen atoms in total. The maximum absolute atomic E-state index is 12.4. The fourth-order valence-corrected chi connectivity index (χ4v) is 1.90. The van der Waals surface area contributed by atoms with Gasteiger partial charge in [-0.3, -0.25) is 14.6 Å². The number of carbonyl (C=O) groups excluding carboxylic acids is 1. The lowest BCUT2D eigenvalue weighted by Crippen LogP contribution is -2.41. The maximum atomic E-state index is 12.4. The second-order valence-corrected chi connectivity index (χ2v) is 4.87. The van der Waals surface area contributed by atoms with E-state index in [1.54, 1.807) is 0 Å². The van der Waals surface area contributed by atoms with Gasteiger partial charge in [-0.2, -0.15) is 5.10 Å². The summed E-state index contributed by atoms with van der Waals surface area (Å²) in [6.45, 7) is 4.05. The summed E-state index contributed by atoms with van der Waals surface area (Å²) in [5.41, 5.74) is -0.905. The van der Waals surface area contributed by atoms with Crippen LogP contribution in [0.2, 0.25) is 0 Å². The Morgan fingerprint density at radius 1 is 1.24 bits per heavy atom. The number of aromatic nitrogens is 3. The first-order chi connectivity index (χ1) is 9.99. The molecule has 2 aromatic rings. The van der Waals surface area contributed by atoms with Crippen LogP contribution in [0.1, 0.15) is 29.9 Å². The van der Waals surface area contributed by atoms with E-state index in [0.29, 0.717) is 6.54 Å². The highest BCUT2D eigenvalue weighted by atomic mass is 16.2. The van der Waals surface area contributed by atoms with E-state index < -0.39 is 17.2 Å². The van der Waals surface area contributed by atoms with Crippen molar-refractivity contribution in [3.8, 4) is 0 Å². The van der Waals surface area contributed by atoms with Crippen molar-refractivity contribution in [3.05, 3.63) is 62.4 Å². The standard InChI is InChI=1S/C14H16N4O3/c1-9(2)18(8-10-6-4-3-5-7-10)13(20)11-12(19)15-14(21)17-16-11/h3-7,9H,8H2,1-2H3,(H2,15,17,19,21). The van der Waals surface area contributed by atoms with E-state index in [2.05, 4.69) is 10.2 Å². The third-order valence-corrected chi connectivity index (χ3v) is 2.99. The molecule has 0 radical (unpaired) electrons. The molecule has 0 unspecified atom stereocenters. The Balaban J connectivity index is 2.32. The van der Waals surface area contributed by atoms with Crippen molar-refractivity contribution in [1.82, 2.24) is 20.1 Å². The Hall–Kier alpha value is -2.70. The molecular weight excluding hydrogens is 272 g/mol. The van der Waals surface area contributed by atoms with Gasteiger partial charge in [0.15, 0.2) is 0 Å². The largest absolute Gasteiger partial charge is 0.342 e. The summed E-state index contributed by atoms with van der Waals surface area (Å²) >= 11 is 0. The van der Waals surface area contributed by atoms with Crippen LogP contribution in [0.5, 0.6) is 0 Å². The highest BCUT2D eigenvalue weighted by molar-refractivity contribution is 5.91. The maximum Gasteiger partial charge on any atom is 0.342 e. The number of nitrogens with one attached hydrogen (secondary N) is 2. The number of rotatable bonds is 4. The number of H-pyrrole nitrogens is 2. The third kappa shape index (κ3) is 3.44. The van der Waals surface area contributed by atoms with E-state index in [0.717, 1.165) is 5.56 Å². The van der Waals surface area contributed by atoms with Crippen molar-refractivity contribution in [1.29, 1.82) is 0 Å². The normalized spacial score (nSPS) is 10.6. The molecule has 0 aliphatic rings. The summed E-state index contributed by atoms with van der Waals surface area (Å²) in [6, 6.07) is 9.32. The quantitative estimate of drug-likeness (QED) is 0.856. The van der Waals surface area contributed by atoms with Gasteiger partial charge in [-0.25, -0.2) is 9.89 Å². The molecule has 0 saturated heterocycles. The van der Waals surface area contributed by atoms with Gasteiger partial charge in [0, 0.05) is 12.6 Å². The number of amides is 1. The Labute approximate surface area is 120 Å². The van der Waals surface area contributed by atoms with Gasteiger partial charge >= 0.3 is 5.69 Å². The lowest BCUT2D eigenvalue weighted by atomic mass is 10.2. The second-order valence-electron chi connectivity index (χ2n) is 4.87. The highest BCUT2D eigenvalue weighted by Crippen LogP contribution is 2.10. The second kappa shape index (κ2) is 6.17. The van der Waals surface area contributed by atoms with E-state index in [4.69, 9.17) is 0 Å². The summed E-state index contributed by atoms with van der Waals surface area (Å²) in [5.74, 6) is -0.522. The van der Waals surface area contributed by atoms with Crippen LogP contribution in [0, 0.1) is 0 Å². The minimum atomic E-state index is -0.789. The summed E-state index contributed by atoms with van der Waals surface area (Å²) < 4.78 is 0. The van der Waals surface area contributed by atoms with Crippen molar-refractivity contribution in [2.24, 2.45) is 0 Å². The number of benzene rings is 1. The Bertz CT molecular complexity index is 734. The predicted molar refractivity (Wildman–Crippen MR) is 76.9 cm³/mol. The van der Waals surface area contributed by atoms with Crippen LogP contribution < -0.4 is 11.2 Å². The first kappa shape index (κ1) is 14.7. The molecule has 1 heterocycles. The van der Waals surface area contributed by atoms with Crippen molar-refractivity contribution in [2.75, 3.05) is 0 Å². The molecule has 2 N–H and O–H groups in total. The van der Waals surface area contributed by atoms with Gasteiger partial charge in [-0.05, 0) is 19.4 Å². The molecule has 0 spiro atoms. The number of nitrogens with zero attached hydrogens (tertiary/aromatic N) is 2. The molecule has 1 aromatic heterocycles. The van der Waals surface area contributed by atoms with Crippen LogP contribution in [0.4, 0.5) is 0 Å². The molecule has 0 aliphatic carbocycles. The smallest absolute Gasteiger partial charge is 0.330 e. The molecule has 2 rings (SSSR count). The van der Waals surface area contributed by atoms with Crippen LogP contribution in [-0.4, -0.2) is 32.0 Å². The molecule has 7 heteroatoms. The number of hydrogen-bond acceptors (Lipinski definition) is 4. The van der Waals surface area contributed by atoms with E-state index in [9.17, 15) is 14.4 Å². The molecule has 0 aliphatic heterocycles. The number of aromatic amines is 2. The van der Waals surface area contributed by atoms with Crippen molar-refractivity contribution >= 4 is 5.91 Å². The fraction of sp³-hybridized carbons (Fsp3) is 0.286. The van der Waals surface area contributed by atoms with E-state index in [1.165, 1.54) is 4.90 Å². The first-order valence-electron chi connectivity index (χ1n) is 6.53. The molecule has 0 bridgehead atoms. The van der Waals surface area contributed by atoms with Crippen molar-refractivity contribution < 1.29 is 4.79 Å². The van der Waals surface area contributed by atoms with Gasteiger partial charge in [-0.15, -0.1) is 0 Å². The first-order valence-corrected chi connectivity index (χ1v) is 6.53. The lowest BCUT2D eigenvalue weighted by Gasteiger charge is -2.26. The monoisotopic (exact) mass is 288 g/mol. The van der Waals surface area contributed by atoms with Gasteiger partial charge in [0.2, 0.25) is 5.69 Å². The topological polar surface area (TPSA) is 98.9 Å². The van der Waals surface area contributed by atoms with Crippen molar-refractivity contribution in [2.45, 2.75) is 26.4 Å². The van der Waals surface area contributed by atoms with Crippen molar-refractivity contribution in [3.63, 3.8) is 0 Å². The minimum absolute atomic E-state index is 0.120. The Kier molecular flexibility index (Phi) is 4.32. The number of hydrogen-bond donors (Lipinski definition) is 2. The van der Waals surface area contributed by atoms with Gasteiger partial charge in [0.25, 0.3) is 11.5 Å². The average molecular weight is 288 g/mol. The lowest BCUT2D eigenvalue weighted by molar-refractivity contribution is 0.0680. The van der Waals surface area contributed by atoms with Gasteiger partial charge in [0.05, 0.1) is 0 Å². The van der Waals surface area contributed by atoms with E-state index >= 15 is 0 Å². The minimum Gasteiger partial charge on any atom is -0.330 e. The van der Waals surface area contributed by atoms with Crippen LogP contribution >= 0.6 is 0 Å². The van der Waals surface area contributed by atoms with Crippen LogP contribution in [0.25, 0.3) is 0 Å². The van der Waals surface area contributed by atoms with Gasteiger partial charge in [0.1, 0.15) is 0 Å². The molecule has 0 fully saturated rings. The summed E-state index contributed by atoms with van der Waals surface area (Å²) in [5, 5.41) is 5.62. The molecule has 0 saturated carbocycles. The van der Waals surface area contributed by atoms with Crippen LogP contribution in [0.15, 0.2) is 39.9 Å². The summed E-state index contributed by atoms with van der Waals surface area (Å²) in [6.07, 6.45) is 0. The summed E-state index contributed by atoms with van der Waals surface area (Å²) in [7, 11) is 0. The molecular formula is C14H16N4O3.